The van der Waals surface area contributed by atoms with Gasteiger partial charge in [0.05, 0.1) is 0 Å². The van der Waals surface area contributed by atoms with Crippen molar-refractivity contribution in [1.82, 2.24) is 9.21 Å². The summed E-state index contributed by atoms with van der Waals surface area (Å²) in [5.41, 5.74) is 0. The lowest BCUT2D eigenvalue weighted by Crippen LogP contribution is -2.48. The van der Waals surface area contributed by atoms with Crippen molar-refractivity contribution in [2.75, 3.05) is 32.7 Å². The molecule has 1 aromatic carbocycles. The van der Waals surface area contributed by atoms with Crippen LogP contribution in [0.25, 0.3) is 0 Å². The average molecular weight is 319 g/mol. The minimum absolute atomic E-state index is 0.268. The minimum atomic E-state index is -3.77. The Morgan fingerprint density at radius 3 is 2.40 bits per heavy atom. The molecule has 1 saturated heterocycles. The van der Waals surface area contributed by atoms with Gasteiger partial charge >= 0.3 is 0 Å². The van der Waals surface area contributed by atoms with Crippen molar-refractivity contribution < 1.29 is 12.8 Å². The van der Waals surface area contributed by atoms with Gasteiger partial charge in [0.2, 0.25) is 10.0 Å². The smallest absolute Gasteiger partial charge is 0.246 e. The number of nitrogens with zero attached hydrogens (tertiary/aromatic N) is 2. The van der Waals surface area contributed by atoms with Crippen LogP contribution >= 0.6 is 11.6 Å². The molecule has 0 spiro atoms. The van der Waals surface area contributed by atoms with Gasteiger partial charge < -0.3 is 0 Å². The number of hydrogen-bond donors (Lipinski definition) is 0. The van der Waals surface area contributed by atoms with Crippen LogP contribution in [0.2, 0.25) is 0 Å². The summed E-state index contributed by atoms with van der Waals surface area (Å²) >= 11 is 5.74. The van der Waals surface area contributed by atoms with Gasteiger partial charge in [-0.25, -0.2) is 12.8 Å². The SMILES string of the molecule is C=C(Cl)CN1CCN(S(=O)(=O)c2ccccc2F)CC1. The Kier molecular flexibility index (Phi) is 4.80. The molecule has 0 radical (unpaired) electrons. The third-order valence-corrected chi connectivity index (χ3v) is 5.23. The summed E-state index contributed by atoms with van der Waals surface area (Å²) in [6.45, 7) is 5.91. The number of benzene rings is 1. The molecule has 7 heteroatoms. The van der Waals surface area contributed by atoms with Gasteiger partial charge in [-0.3, -0.25) is 4.90 Å². The van der Waals surface area contributed by atoms with Crippen LogP contribution in [0.1, 0.15) is 0 Å². The first-order valence-corrected chi connectivity index (χ1v) is 8.03. The van der Waals surface area contributed by atoms with Crippen molar-refractivity contribution >= 4 is 21.6 Å². The van der Waals surface area contributed by atoms with Gasteiger partial charge in [-0.05, 0) is 12.1 Å². The normalized spacial score (nSPS) is 18.1. The fraction of sp³-hybridized carbons (Fsp3) is 0.385. The number of halogens is 2. The van der Waals surface area contributed by atoms with E-state index in [0.29, 0.717) is 37.8 Å². The number of rotatable bonds is 4. The Bertz CT molecular complexity index is 598. The van der Waals surface area contributed by atoms with Gasteiger partial charge in [-0.2, -0.15) is 4.31 Å². The first-order chi connectivity index (χ1) is 9.41. The summed E-state index contributed by atoms with van der Waals surface area (Å²) in [6.07, 6.45) is 0. The lowest BCUT2D eigenvalue weighted by atomic mass is 10.3. The Morgan fingerprint density at radius 1 is 1.25 bits per heavy atom. The van der Waals surface area contributed by atoms with Crippen molar-refractivity contribution in [2.45, 2.75) is 4.90 Å². The van der Waals surface area contributed by atoms with E-state index in [2.05, 4.69) is 6.58 Å². The van der Waals surface area contributed by atoms with Gasteiger partial charge in [0.15, 0.2) is 0 Å². The van der Waals surface area contributed by atoms with Gasteiger partial charge in [0.25, 0.3) is 0 Å². The molecule has 4 nitrogen and oxygen atoms in total. The minimum Gasteiger partial charge on any atom is -0.296 e. The van der Waals surface area contributed by atoms with Gasteiger partial charge in [-0.1, -0.05) is 30.3 Å². The second kappa shape index (κ2) is 6.22. The summed E-state index contributed by atoms with van der Waals surface area (Å²) in [5, 5.41) is 0.524. The molecular formula is C13H16ClFN2O2S. The van der Waals surface area contributed by atoms with E-state index in [1.165, 1.54) is 22.5 Å². The van der Waals surface area contributed by atoms with E-state index in [1.54, 1.807) is 0 Å². The molecule has 0 atom stereocenters. The van der Waals surface area contributed by atoms with E-state index < -0.39 is 15.8 Å². The van der Waals surface area contributed by atoms with E-state index in [-0.39, 0.29) is 4.90 Å². The molecule has 0 amide bonds. The Labute approximate surface area is 123 Å². The Hall–Kier alpha value is -0.950. The fourth-order valence-corrected chi connectivity index (χ4v) is 3.82. The van der Waals surface area contributed by atoms with Crippen LogP contribution in [0.15, 0.2) is 40.8 Å². The first-order valence-electron chi connectivity index (χ1n) is 6.21. The highest BCUT2D eigenvalue weighted by Gasteiger charge is 2.30. The second-order valence-electron chi connectivity index (χ2n) is 4.63. The maximum absolute atomic E-state index is 13.6. The quantitative estimate of drug-likeness (QED) is 0.851. The van der Waals surface area contributed by atoms with Crippen molar-refractivity contribution in [3.8, 4) is 0 Å². The largest absolute Gasteiger partial charge is 0.296 e. The molecule has 0 aromatic heterocycles. The maximum atomic E-state index is 13.6. The van der Waals surface area contributed by atoms with E-state index in [0.717, 1.165) is 6.07 Å². The highest BCUT2D eigenvalue weighted by molar-refractivity contribution is 7.89. The Balaban J connectivity index is 2.10. The molecule has 0 bridgehead atoms. The Morgan fingerprint density at radius 2 is 1.85 bits per heavy atom. The molecule has 1 fully saturated rings. The molecule has 2 rings (SSSR count). The van der Waals surface area contributed by atoms with Crippen LogP contribution in [-0.2, 0) is 10.0 Å². The van der Waals surface area contributed by atoms with Crippen molar-refractivity contribution in [3.63, 3.8) is 0 Å². The van der Waals surface area contributed by atoms with Crippen LogP contribution < -0.4 is 0 Å². The van der Waals surface area contributed by atoms with E-state index in [9.17, 15) is 12.8 Å². The van der Waals surface area contributed by atoms with Crippen LogP contribution in [0.4, 0.5) is 4.39 Å². The number of hydrogen-bond acceptors (Lipinski definition) is 3. The van der Waals surface area contributed by atoms with Crippen molar-refractivity contribution in [3.05, 3.63) is 41.7 Å². The first kappa shape index (κ1) is 15.4. The zero-order chi connectivity index (χ0) is 14.8. The third-order valence-electron chi connectivity index (χ3n) is 3.18. The number of sulfonamides is 1. The van der Waals surface area contributed by atoms with Crippen molar-refractivity contribution in [2.24, 2.45) is 0 Å². The molecule has 1 aliphatic rings. The predicted molar refractivity (Wildman–Crippen MR) is 76.6 cm³/mol. The number of piperazine rings is 1. The average Bonchev–Trinajstić information content (AvgIpc) is 2.39. The monoisotopic (exact) mass is 318 g/mol. The van der Waals surface area contributed by atoms with Crippen LogP contribution in [0.3, 0.4) is 0 Å². The fourth-order valence-electron chi connectivity index (χ4n) is 2.16. The third kappa shape index (κ3) is 3.38. The standard InChI is InChI=1S/C13H16ClFN2O2S/c1-11(14)10-16-6-8-17(9-7-16)20(18,19)13-5-3-2-4-12(13)15/h2-5H,1,6-10H2. The molecule has 20 heavy (non-hydrogen) atoms. The highest BCUT2D eigenvalue weighted by atomic mass is 35.5. The molecule has 1 heterocycles. The zero-order valence-electron chi connectivity index (χ0n) is 10.9. The lowest BCUT2D eigenvalue weighted by Gasteiger charge is -2.33. The highest BCUT2D eigenvalue weighted by Crippen LogP contribution is 2.20. The molecule has 1 aliphatic heterocycles. The van der Waals surface area contributed by atoms with Gasteiger partial charge in [0.1, 0.15) is 10.7 Å². The topological polar surface area (TPSA) is 40.6 Å². The zero-order valence-corrected chi connectivity index (χ0v) is 12.5. The molecule has 0 saturated carbocycles. The lowest BCUT2D eigenvalue weighted by molar-refractivity contribution is 0.203. The summed E-state index contributed by atoms with van der Waals surface area (Å²) in [7, 11) is -3.77. The van der Waals surface area contributed by atoms with Gasteiger partial charge in [-0.15, -0.1) is 0 Å². The second-order valence-corrected chi connectivity index (χ2v) is 7.07. The summed E-state index contributed by atoms with van der Waals surface area (Å²) in [5.74, 6) is -0.718. The van der Waals surface area contributed by atoms with E-state index in [4.69, 9.17) is 11.6 Å². The predicted octanol–water partition coefficient (Wildman–Crippen LogP) is 1.88. The molecule has 0 aliphatic carbocycles. The van der Waals surface area contributed by atoms with Crippen molar-refractivity contribution in [1.29, 1.82) is 0 Å². The molecule has 1 aromatic rings. The molecule has 0 N–H and O–H groups in total. The summed E-state index contributed by atoms with van der Waals surface area (Å²) in [6, 6.07) is 5.43. The van der Waals surface area contributed by atoms with Crippen LogP contribution in [0.5, 0.6) is 0 Å². The van der Waals surface area contributed by atoms with E-state index in [1.807, 2.05) is 4.90 Å². The van der Waals surface area contributed by atoms with Crippen LogP contribution in [-0.4, -0.2) is 50.3 Å². The van der Waals surface area contributed by atoms with Crippen LogP contribution in [0, 0.1) is 5.82 Å². The molecular weight excluding hydrogens is 303 g/mol. The summed E-state index contributed by atoms with van der Waals surface area (Å²) in [4.78, 5) is 1.75. The summed E-state index contributed by atoms with van der Waals surface area (Å²) < 4.78 is 39.7. The maximum Gasteiger partial charge on any atom is 0.246 e. The van der Waals surface area contributed by atoms with E-state index >= 15 is 0 Å². The van der Waals surface area contributed by atoms with Gasteiger partial charge in [0, 0.05) is 37.8 Å². The molecule has 110 valence electrons. The molecule has 0 unspecified atom stereocenters.